The van der Waals surface area contributed by atoms with Crippen LogP contribution in [0.5, 0.6) is 5.75 Å². The average molecular weight is 735 g/mol. The first-order valence-electron chi connectivity index (χ1n) is 15.6. The van der Waals surface area contributed by atoms with Crippen molar-refractivity contribution in [3.05, 3.63) is 70.9 Å². The molecular formula is C31H39N6O13P. The number of para-hydroxylation sites is 1. The van der Waals surface area contributed by atoms with E-state index in [-0.39, 0.29) is 12.2 Å². The van der Waals surface area contributed by atoms with E-state index in [1.54, 1.807) is 44.2 Å². The zero-order chi connectivity index (χ0) is 37.6. The van der Waals surface area contributed by atoms with Crippen LogP contribution in [0.2, 0.25) is 0 Å². The van der Waals surface area contributed by atoms with Gasteiger partial charge in [0.1, 0.15) is 30.5 Å². The third-order valence-corrected chi connectivity index (χ3v) is 8.25. The van der Waals surface area contributed by atoms with Gasteiger partial charge in [0.2, 0.25) is 12.2 Å². The first-order chi connectivity index (χ1) is 24.2. The molecule has 51 heavy (non-hydrogen) atoms. The van der Waals surface area contributed by atoms with E-state index in [1.807, 2.05) is 0 Å². The molecule has 2 unspecified atom stereocenters. The van der Waals surface area contributed by atoms with E-state index in [4.69, 9.17) is 38.3 Å². The largest absolute Gasteiger partial charge is 0.462 e. The monoisotopic (exact) mass is 734 g/mol. The summed E-state index contributed by atoms with van der Waals surface area (Å²) in [6, 6.07) is 8.29. The molecule has 0 saturated carbocycles. The van der Waals surface area contributed by atoms with Crippen molar-refractivity contribution in [3.8, 4) is 5.75 Å². The number of benzene rings is 1. The normalized spacial score (nSPS) is 21.5. The highest BCUT2D eigenvalue weighted by Crippen LogP contribution is 2.46. The highest BCUT2D eigenvalue weighted by Gasteiger charge is 2.53. The zero-order valence-corrected chi connectivity index (χ0v) is 29.3. The van der Waals surface area contributed by atoms with E-state index in [0.29, 0.717) is 5.56 Å². The Labute approximate surface area is 292 Å². The van der Waals surface area contributed by atoms with Crippen LogP contribution in [0.1, 0.15) is 40.2 Å². The second-order valence-corrected chi connectivity index (χ2v) is 12.9. The second kappa shape index (κ2) is 19.4. The molecule has 0 radical (unpaired) electrons. The van der Waals surface area contributed by atoms with E-state index in [9.17, 15) is 28.5 Å². The standard InChI is InChI=1S/C31H39N6O13P/c1-18(2)45-30(42)19(3)36-51(43,50-23-11-7-6-8-12-23)44-17-24-28(46-20(4)38)29(47-21(5)39)27(35-25(40)16-34-37-32)31(48-24)49-26(41)14-22-10-9-13-33-15-22/h6-13,15,18-19,24,27-29,31H,14,16-17H2,1-5H3,(H,35,40)(H,36,43)/t19-,24+,27-,28+,29+,31?,51?/m0/s1. The molecule has 1 aromatic carbocycles. The number of aromatic nitrogens is 1. The van der Waals surface area contributed by atoms with E-state index < -0.39 is 93.5 Å². The molecule has 19 nitrogen and oxygen atoms in total. The number of pyridine rings is 1. The number of azide groups is 1. The van der Waals surface area contributed by atoms with Crippen molar-refractivity contribution in [2.75, 3.05) is 13.2 Å². The Morgan fingerprint density at radius 3 is 2.29 bits per heavy atom. The third-order valence-electron chi connectivity index (χ3n) is 6.61. The smallest absolute Gasteiger partial charge is 0.459 e. The van der Waals surface area contributed by atoms with Gasteiger partial charge in [-0.1, -0.05) is 29.4 Å². The van der Waals surface area contributed by atoms with Gasteiger partial charge in [0.15, 0.2) is 12.2 Å². The molecule has 1 fully saturated rings. The lowest BCUT2D eigenvalue weighted by atomic mass is 9.96. The molecule has 2 heterocycles. The summed E-state index contributed by atoms with van der Waals surface area (Å²) < 4.78 is 53.4. The summed E-state index contributed by atoms with van der Waals surface area (Å²) >= 11 is 0. The molecular weight excluding hydrogens is 695 g/mol. The Morgan fingerprint density at radius 1 is 1.00 bits per heavy atom. The fourth-order valence-corrected chi connectivity index (χ4v) is 6.13. The van der Waals surface area contributed by atoms with Gasteiger partial charge in [-0.25, -0.2) is 4.57 Å². The molecule has 2 N–H and O–H groups in total. The van der Waals surface area contributed by atoms with Gasteiger partial charge in [0, 0.05) is 31.2 Å². The van der Waals surface area contributed by atoms with Crippen LogP contribution < -0.4 is 14.9 Å². The molecule has 1 aromatic heterocycles. The van der Waals surface area contributed by atoms with Gasteiger partial charge < -0.3 is 33.5 Å². The lowest BCUT2D eigenvalue weighted by Gasteiger charge is -2.44. The Balaban J connectivity index is 2.01. The third kappa shape index (κ3) is 13.3. The number of rotatable bonds is 17. The molecule has 7 atom stereocenters. The lowest BCUT2D eigenvalue weighted by Crippen LogP contribution is -2.67. The molecule has 0 bridgehead atoms. The number of nitrogens with zero attached hydrogens (tertiary/aromatic N) is 4. The van der Waals surface area contributed by atoms with Crippen LogP contribution in [0.25, 0.3) is 10.4 Å². The van der Waals surface area contributed by atoms with Crippen molar-refractivity contribution in [3.63, 3.8) is 0 Å². The number of ether oxygens (including phenoxy) is 5. The minimum absolute atomic E-state index is 0.0849. The maximum Gasteiger partial charge on any atom is 0.459 e. The SMILES string of the molecule is CC(=O)O[C@H]1[C@H](OC(C)=O)[C@@H](COP(=O)(N[C@@H](C)C(=O)OC(C)C)Oc2ccccc2)OC(OC(=O)Cc2cccnc2)[C@H]1NC(=O)CN=[N+]=[N-]. The minimum Gasteiger partial charge on any atom is -0.462 e. The average Bonchev–Trinajstić information content (AvgIpc) is 3.05. The fourth-order valence-electron chi connectivity index (χ4n) is 4.63. The topological polar surface area (TPSA) is 253 Å². The van der Waals surface area contributed by atoms with Gasteiger partial charge in [-0.05, 0) is 50.1 Å². The van der Waals surface area contributed by atoms with Gasteiger partial charge in [-0.3, -0.25) is 33.5 Å². The Morgan fingerprint density at radius 2 is 1.69 bits per heavy atom. The maximum atomic E-state index is 14.2. The van der Waals surface area contributed by atoms with Gasteiger partial charge in [0.05, 0.1) is 19.1 Å². The summed E-state index contributed by atoms with van der Waals surface area (Å²) in [7, 11) is -4.52. The van der Waals surface area contributed by atoms with Gasteiger partial charge in [-0.2, -0.15) is 5.09 Å². The Hall–Kier alpha value is -5.06. The summed E-state index contributed by atoms with van der Waals surface area (Å²) in [6.45, 7) is 5.25. The lowest BCUT2D eigenvalue weighted by molar-refractivity contribution is -0.269. The molecule has 1 aliphatic rings. The van der Waals surface area contributed by atoms with E-state index in [2.05, 4.69) is 25.4 Å². The Kier molecular flexibility index (Phi) is 15.3. The summed E-state index contributed by atoms with van der Waals surface area (Å²) in [5.41, 5.74) is 9.16. The van der Waals surface area contributed by atoms with Crippen LogP contribution in [0.4, 0.5) is 0 Å². The number of hydrogen-bond acceptors (Lipinski definition) is 15. The molecule has 2 aromatic rings. The number of hydrogen-bond donors (Lipinski definition) is 2. The quantitative estimate of drug-likeness (QED) is 0.0592. The minimum atomic E-state index is -4.52. The predicted octanol–water partition coefficient (Wildman–Crippen LogP) is 2.68. The van der Waals surface area contributed by atoms with Crippen molar-refractivity contribution in [1.82, 2.24) is 15.4 Å². The van der Waals surface area contributed by atoms with E-state index in [0.717, 1.165) is 13.8 Å². The number of amides is 1. The van der Waals surface area contributed by atoms with Crippen molar-refractivity contribution in [1.29, 1.82) is 0 Å². The van der Waals surface area contributed by atoms with Crippen molar-refractivity contribution >= 4 is 37.5 Å². The number of carbonyl (C=O) groups is 5. The first-order valence-corrected chi connectivity index (χ1v) is 17.1. The van der Waals surface area contributed by atoms with Crippen LogP contribution in [0.3, 0.4) is 0 Å². The first kappa shape index (κ1) is 40.4. The Bertz CT molecular complexity index is 1610. The number of esters is 4. The number of nitrogens with one attached hydrogen (secondary N) is 2. The maximum absolute atomic E-state index is 14.2. The highest BCUT2D eigenvalue weighted by atomic mass is 31.2. The molecule has 1 amide bonds. The van der Waals surface area contributed by atoms with E-state index in [1.165, 1.54) is 31.5 Å². The molecule has 0 spiro atoms. The van der Waals surface area contributed by atoms with Gasteiger partial charge >= 0.3 is 31.6 Å². The predicted molar refractivity (Wildman–Crippen MR) is 174 cm³/mol. The fraction of sp³-hybridized carbons (Fsp3) is 0.484. The zero-order valence-electron chi connectivity index (χ0n) is 28.4. The van der Waals surface area contributed by atoms with Gasteiger partial charge in [0.25, 0.3) is 0 Å². The van der Waals surface area contributed by atoms with Crippen molar-refractivity contribution < 1.29 is 61.3 Å². The molecule has 276 valence electrons. The van der Waals surface area contributed by atoms with Crippen molar-refractivity contribution in [2.24, 2.45) is 5.11 Å². The van der Waals surface area contributed by atoms with Crippen LogP contribution in [0, 0.1) is 0 Å². The molecule has 0 aliphatic carbocycles. The van der Waals surface area contributed by atoms with Crippen LogP contribution >= 0.6 is 7.75 Å². The van der Waals surface area contributed by atoms with E-state index >= 15 is 0 Å². The summed E-state index contributed by atoms with van der Waals surface area (Å²) in [6.07, 6.45) is -4.33. The second-order valence-electron chi connectivity index (χ2n) is 11.2. The molecule has 1 aliphatic heterocycles. The summed E-state index contributed by atoms with van der Waals surface area (Å²) in [4.78, 5) is 69.6. The van der Waals surface area contributed by atoms with Crippen LogP contribution in [0.15, 0.2) is 60.0 Å². The molecule has 20 heteroatoms. The van der Waals surface area contributed by atoms with Crippen LogP contribution in [-0.4, -0.2) is 90.7 Å². The highest BCUT2D eigenvalue weighted by molar-refractivity contribution is 7.52. The van der Waals surface area contributed by atoms with Crippen LogP contribution in [-0.2, 0) is 63.2 Å². The molecule has 3 rings (SSSR count). The number of carbonyl (C=O) groups excluding carboxylic acids is 5. The van der Waals surface area contributed by atoms with Crippen molar-refractivity contribution in [2.45, 2.75) is 83.8 Å². The molecule has 1 saturated heterocycles. The van der Waals surface area contributed by atoms with Gasteiger partial charge in [-0.15, -0.1) is 0 Å². The summed E-state index contributed by atoms with van der Waals surface area (Å²) in [5, 5.41) is 8.16. The summed E-state index contributed by atoms with van der Waals surface area (Å²) in [5.74, 6) is -4.23.